The third kappa shape index (κ3) is 2.24. The van der Waals surface area contributed by atoms with Crippen molar-refractivity contribution in [1.29, 1.82) is 0 Å². The number of hydrogen-bond donors (Lipinski definition) is 1. The number of nitrogens with zero attached hydrogens (tertiary/aromatic N) is 4. The van der Waals surface area contributed by atoms with E-state index in [4.69, 9.17) is 9.63 Å². The fraction of sp³-hybridized carbons (Fsp3) is 0.455. The highest BCUT2D eigenvalue weighted by atomic mass is 16.5. The zero-order valence-electron chi connectivity index (χ0n) is 10.4. The lowest BCUT2D eigenvalue weighted by molar-refractivity contribution is -0.142. The molecule has 0 saturated carbocycles. The summed E-state index contributed by atoms with van der Waals surface area (Å²) in [6.07, 6.45) is 1.55. The number of aryl methyl sites for hydroxylation is 1. The largest absolute Gasteiger partial charge is 0.480 e. The Labute approximate surface area is 103 Å². The molecular formula is C11H14N4O3. The van der Waals surface area contributed by atoms with Crippen molar-refractivity contribution >= 4 is 5.97 Å². The molecule has 0 radical (unpaired) electrons. The molecule has 0 fully saturated rings. The van der Waals surface area contributed by atoms with Crippen molar-refractivity contribution in [3.05, 3.63) is 18.0 Å². The molecule has 18 heavy (non-hydrogen) atoms. The molecule has 96 valence electrons. The molecule has 0 aromatic carbocycles. The Bertz CT molecular complexity index is 558. The maximum Gasteiger partial charge on any atom is 0.328 e. The van der Waals surface area contributed by atoms with E-state index in [1.54, 1.807) is 19.2 Å². The summed E-state index contributed by atoms with van der Waals surface area (Å²) >= 11 is 0. The lowest BCUT2D eigenvalue weighted by Crippen LogP contribution is -2.24. The number of carbonyl (C=O) groups is 1. The second-order valence-corrected chi connectivity index (χ2v) is 4.44. The number of hydrogen-bond acceptors (Lipinski definition) is 5. The Hall–Kier alpha value is -2.18. The smallest absolute Gasteiger partial charge is 0.328 e. The molecule has 1 N–H and O–H groups in total. The van der Waals surface area contributed by atoms with E-state index >= 15 is 0 Å². The van der Waals surface area contributed by atoms with Crippen LogP contribution in [-0.4, -0.2) is 31.2 Å². The number of carboxylic acid groups (broad SMARTS) is 1. The van der Waals surface area contributed by atoms with Crippen LogP contribution >= 0.6 is 0 Å². The molecule has 7 heteroatoms. The third-order valence-electron chi connectivity index (χ3n) is 2.56. The van der Waals surface area contributed by atoms with Gasteiger partial charge >= 0.3 is 5.97 Å². The van der Waals surface area contributed by atoms with Crippen LogP contribution in [0.25, 0.3) is 11.5 Å². The summed E-state index contributed by atoms with van der Waals surface area (Å²) in [6, 6.07) is 0.981. The second-order valence-electron chi connectivity index (χ2n) is 4.44. The molecule has 0 saturated heterocycles. The summed E-state index contributed by atoms with van der Waals surface area (Å²) in [5.74, 6) is -0.546. The minimum Gasteiger partial charge on any atom is -0.480 e. The zero-order chi connectivity index (χ0) is 13.3. The molecule has 1 atom stereocenters. The Kier molecular flexibility index (Phi) is 3.14. The van der Waals surface area contributed by atoms with Crippen molar-refractivity contribution < 1.29 is 14.4 Å². The molecule has 2 heterocycles. The first kappa shape index (κ1) is 12.3. The van der Waals surface area contributed by atoms with E-state index in [-0.39, 0.29) is 5.92 Å². The Balaban J connectivity index is 2.32. The number of rotatable bonds is 4. The fourth-order valence-corrected chi connectivity index (χ4v) is 1.71. The minimum atomic E-state index is -0.935. The molecule has 0 aliphatic rings. The highest BCUT2D eigenvalue weighted by Crippen LogP contribution is 2.21. The number of aliphatic carboxylic acids is 1. The van der Waals surface area contributed by atoms with Crippen molar-refractivity contribution in [2.75, 3.05) is 0 Å². The van der Waals surface area contributed by atoms with Gasteiger partial charge < -0.3 is 9.63 Å². The molecule has 0 amide bonds. The van der Waals surface area contributed by atoms with Crippen molar-refractivity contribution in [1.82, 2.24) is 20.2 Å². The average Bonchev–Trinajstić information content (AvgIpc) is 2.85. The van der Waals surface area contributed by atoms with Crippen LogP contribution in [0.15, 0.2) is 16.8 Å². The van der Waals surface area contributed by atoms with Gasteiger partial charge in [0, 0.05) is 6.07 Å². The standard InChI is InChI=1S/C11H14N4O3/c1-6(2)10(11(16)17)15-5-8(12-14-15)9-4-7(3)13-18-9/h4-6,10H,1-3H3,(H,16,17)/t10-/m0/s1. The maximum absolute atomic E-state index is 11.2. The summed E-state index contributed by atoms with van der Waals surface area (Å²) in [7, 11) is 0. The van der Waals surface area contributed by atoms with E-state index in [9.17, 15) is 4.79 Å². The highest BCUT2D eigenvalue weighted by molar-refractivity contribution is 5.72. The van der Waals surface area contributed by atoms with Crippen molar-refractivity contribution in [2.45, 2.75) is 26.8 Å². The molecule has 0 aliphatic carbocycles. The Morgan fingerprint density at radius 1 is 1.50 bits per heavy atom. The van der Waals surface area contributed by atoms with E-state index < -0.39 is 12.0 Å². The third-order valence-corrected chi connectivity index (χ3v) is 2.56. The zero-order valence-corrected chi connectivity index (χ0v) is 10.4. The monoisotopic (exact) mass is 250 g/mol. The molecular weight excluding hydrogens is 236 g/mol. The quantitative estimate of drug-likeness (QED) is 0.884. The summed E-state index contributed by atoms with van der Waals surface area (Å²) in [5, 5.41) is 20.6. The van der Waals surface area contributed by atoms with E-state index in [1.807, 2.05) is 13.8 Å². The molecule has 0 unspecified atom stereocenters. The van der Waals surface area contributed by atoms with Gasteiger partial charge in [-0.05, 0) is 12.8 Å². The normalized spacial score (nSPS) is 12.9. The van der Waals surface area contributed by atoms with Crippen molar-refractivity contribution in [3.63, 3.8) is 0 Å². The molecule has 0 spiro atoms. The molecule has 2 rings (SSSR count). The van der Waals surface area contributed by atoms with Crippen molar-refractivity contribution in [2.24, 2.45) is 5.92 Å². The summed E-state index contributed by atoms with van der Waals surface area (Å²) in [6.45, 7) is 5.43. The van der Waals surface area contributed by atoms with Gasteiger partial charge in [-0.15, -0.1) is 5.10 Å². The summed E-state index contributed by atoms with van der Waals surface area (Å²) in [5.41, 5.74) is 1.21. The topological polar surface area (TPSA) is 94.0 Å². The van der Waals surface area contributed by atoms with Gasteiger partial charge in [0.2, 0.25) is 0 Å². The lowest BCUT2D eigenvalue weighted by Gasteiger charge is -2.15. The van der Waals surface area contributed by atoms with Gasteiger partial charge in [-0.1, -0.05) is 24.2 Å². The maximum atomic E-state index is 11.2. The van der Waals surface area contributed by atoms with Crippen LogP contribution in [0.1, 0.15) is 25.6 Å². The lowest BCUT2D eigenvalue weighted by atomic mass is 10.1. The predicted molar refractivity (Wildman–Crippen MR) is 61.8 cm³/mol. The Morgan fingerprint density at radius 3 is 2.72 bits per heavy atom. The fourth-order valence-electron chi connectivity index (χ4n) is 1.71. The van der Waals surface area contributed by atoms with Gasteiger partial charge in [-0.3, -0.25) is 0 Å². The van der Waals surface area contributed by atoms with Crippen LogP contribution in [0.3, 0.4) is 0 Å². The first-order chi connectivity index (χ1) is 8.49. The van der Waals surface area contributed by atoms with Gasteiger partial charge in [0.25, 0.3) is 0 Å². The van der Waals surface area contributed by atoms with Gasteiger partial charge in [0.05, 0.1) is 11.9 Å². The van der Waals surface area contributed by atoms with E-state index in [0.717, 1.165) is 5.69 Å². The minimum absolute atomic E-state index is 0.0893. The first-order valence-electron chi connectivity index (χ1n) is 5.57. The highest BCUT2D eigenvalue weighted by Gasteiger charge is 2.25. The first-order valence-corrected chi connectivity index (χ1v) is 5.57. The average molecular weight is 250 g/mol. The van der Waals surface area contributed by atoms with Crippen LogP contribution in [0.2, 0.25) is 0 Å². The summed E-state index contributed by atoms with van der Waals surface area (Å²) < 4.78 is 6.38. The SMILES string of the molecule is Cc1cc(-c2cn([C@H](C(=O)O)C(C)C)nn2)on1. The van der Waals surface area contributed by atoms with Crippen LogP contribution < -0.4 is 0 Å². The van der Waals surface area contributed by atoms with E-state index in [1.165, 1.54) is 4.68 Å². The molecule has 2 aromatic heterocycles. The molecule has 7 nitrogen and oxygen atoms in total. The van der Waals surface area contributed by atoms with E-state index in [0.29, 0.717) is 11.5 Å². The second kappa shape index (κ2) is 4.59. The van der Waals surface area contributed by atoms with Gasteiger partial charge in [-0.25, -0.2) is 9.48 Å². The van der Waals surface area contributed by atoms with Gasteiger partial charge in [0.1, 0.15) is 0 Å². The van der Waals surface area contributed by atoms with E-state index in [2.05, 4.69) is 15.5 Å². The van der Waals surface area contributed by atoms with Gasteiger partial charge in [-0.2, -0.15) is 0 Å². The summed E-state index contributed by atoms with van der Waals surface area (Å²) in [4.78, 5) is 11.2. The van der Waals surface area contributed by atoms with Crippen LogP contribution in [0.4, 0.5) is 0 Å². The van der Waals surface area contributed by atoms with Crippen LogP contribution in [0, 0.1) is 12.8 Å². The molecule has 0 bridgehead atoms. The predicted octanol–water partition coefficient (Wildman–Crippen LogP) is 1.52. The number of carboxylic acids is 1. The van der Waals surface area contributed by atoms with Crippen LogP contribution in [-0.2, 0) is 4.79 Å². The van der Waals surface area contributed by atoms with Crippen molar-refractivity contribution in [3.8, 4) is 11.5 Å². The molecule has 2 aromatic rings. The Morgan fingerprint density at radius 2 is 2.22 bits per heavy atom. The molecule has 0 aliphatic heterocycles. The van der Waals surface area contributed by atoms with Crippen LogP contribution in [0.5, 0.6) is 0 Å². The number of aromatic nitrogens is 4. The van der Waals surface area contributed by atoms with Gasteiger partial charge in [0.15, 0.2) is 17.5 Å².